The van der Waals surface area contributed by atoms with Crippen LogP contribution < -0.4 is 16.0 Å². The zero-order valence-corrected chi connectivity index (χ0v) is 26.6. The second-order valence-electron chi connectivity index (χ2n) is 11.1. The predicted octanol–water partition coefficient (Wildman–Crippen LogP) is 3.51. The standard InChI is InChI=1S/C30H30Cl2N8O4S/c1-30(14-19-4-6-20(7-5-19)21-15-34-18-35-16-21)28(42)39(24-12-22(31)11-23(32)13-24)29-37-17-26(40(29)30)45(43,44)38-10-2-3-25(38)27(41)36-9-8-33/h4-7,11-13,15-18,25H,2-3,8-10,14,33H2,1H3,(H,36,41)/t25-,30+/m0/s1. The van der Waals surface area contributed by atoms with Gasteiger partial charge in [-0.25, -0.2) is 28.3 Å². The Morgan fingerprint density at radius 3 is 2.42 bits per heavy atom. The number of halogens is 2. The van der Waals surface area contributed by atoms with Crippen molar-refractivity contribution in [1.82, 2.24) is 29.1 Å². The van der Waals surface area contributed by atoms with Gasteiger partial charge in [0.05, 0.1) is 11.9 Å². The maximum atomic E-state index is 14.4. The second kappa shape index (κ2) is 12.1. The Balaban J connectivity index is 1.44. The van der Waals surface area contributed by atoms with E-state index in [2.05, 4.69) is 20.3 Å². The molecule has 6 rings (SSSR count). The summed E-state index contributed by atoms with van der Waals surface area (Å²) in [6, 6.07) is 11.3. The van der Waals surface area contributed by atoms with E-state index >= 15 is 0 Å². The van der Waals surface area contributed by atoms with E-state index in [9.17, 15) is 18.0 Å². The van der Waals surface area contributed by atoms with Gasteiger partial charge in [-0.15, -0.1) is 0 Å². The fourth-order valence-electron chi connectivity index (χ4n) is 6.00. The molecule has 12 nitrogen and oxygen atoms in total. The number of carbonyl (C=O) groups excluding carboxylic acids is 2. The molecule has 2 aromatic heterocycles. The van der Waals surface area contributed by atoms with Crippen molar-refractivity contribution in [3.05, 3.63) is 83.0 Å². The molecule has 2 aliphatic heterocycles. The number of amides is 2. The van der Waals surface area contributed by atoms with Crippen LogP contribution in [0.2, 0.25) is 10.0 Å². The summed E-state index contributed by atoms with van der Waals surface area (Å²) in [5.74, 6) is -0.735. The molecule has 1 saturated heterocycles. The molecule has 0 spiro atoms. The fraction of sp³-hybridized carbons (Fsp3) is 0.300. The molecule has 45 heavy (non-hydrogen) atoms. The van der Waals surface area contributed by atoms with Crippen molar-refractivity contribution in [2.75, 3.05) is 24.5 Å². The van der Waals surface area contributed by atoms with Crippen molar-refractivity contribution in [3.63, 3.8) is 0 Å². The average molecular weight is 670 g/mol. The van der Waals surface area contributed by atoms with Crippen molar-refractivity contribution in [3.8, 4) is 11.1 Å². The smallest absolute Gasteiger partial charge is 0.261 e. The van der Waals surface area contributed by atoms with Crippen LogP contribution in [0.4, 0.5) is 11.6 Å². The monoisotopic (exact) mass is 668 g/mol. The lowest BCUT2D eigenvalue weighted by atomic mass is 9.91. The number of anilines is 2. The minimum Gasteiger partial charge on any atom is -0.353 e. The maximum Gasteiger partial charge on any atom is 0.261 e. The number of fused-ring (bicyclic) bond motifs is 1. The van der Waals surface area contributed by atoms with Gasteiger partial charge in [-0.3, -0.25) is 14.2 Å². The normalized spacial score (nSPS) is 20.0. The Bertz CT molecular complexity index is 1850. The third kappa shape index (κ3) is 5.59. The van der Waals surface area contributed by atoms with Gasteiger partial charge < -0.3 is 11.1 Å². The van der Waals surface area contributed by atoms with E-state index in [0.717, 1.165) is 16.7 Å². The van der Waals surface area contributed by atoms with E-state index in [0.29, 0.717) is 28.6 Å². The van der Waals surface area contributed by atoms with Crippen LogP contribution in [-0.4, -0.2) is 69.7 Å². The van der Waals surface area contributed by atoms with Gasteiger partial charge in [-0.05, 0) is 49.1 Å². The number of rotatable bonds is 9. The molecular formula is C30H30Cl2N8O4S. The predicted molar refractivity (Wildman–Crippen MR) is 170 cm³/mol. The molecule has 0 bridgehead atoms. The number of imidazole rings is 1. The van der Waals surface area contributed by atoms with Gasteiger partial charge in [0.1, 0.15) is 17.9 Å². The molecule has 2 aromatic carbocycles. The molecule has 234 valence electrons. The first-order valence-electron chi connectivity index (χ1n) is 14.3. The van der Waals surface area contributed by atoms with Crippen molar-refractivity contribution in [2.45, 2.75) is 42.8 Å². The molecule has 2 amide bonds. The van der Waals surface area contributed by atoms with Gasteiger partial charge in [0.15, 0.2) is 5.03 Å². The van der Waals surface area contributed by atoms with E-state index in [1.165, 1.54) is 32.4 Å². The minimum atomic E-state index is -4.29. The summed E-state index contributed by atoms with van der Waals surface area (Å²) in [6.07, 6.45) is 7.09. The number of benzene rings is 2. The number of nitrogens with zero attached hydrogens (tertiary/aromatic N) is 6. The number of sulfonamides is 1. The number of hydrogen-bond acceptors (Lipinski definition) is 8. The molecule has 15 heteroatoms. The largest absolute Gasteiger partial charge is 0.353 e. The Kier molecular flexibility index (Phi) is 8.39. The van der Waals surface area contributed by atoms with Gasteiger partial charge in [-0.2, -0.15) is 4.31 Å². The quantitative estimate of drug-likeness (QED) is 0.274. The summed E-state index contributed by atoms with van der Waals surface area (Å²) in [7, 11) is -4.29. The van der Waals surface area contributed by atoms with Crippen molar-refractivity contribution < 1.29 is 18.0 Å². The van der Waals surface area contributed by atoms with Gasteiger partial charge in [0, 0.05) is 54.1 Å². The first-order chi connectivity index (χ1) is 21.5. The average Bonchev–Trinajstić information content (AvgIpc) is 3.74. The Morgan fingerprint density at radius 1 is 1.07 bits per heavy atom. The molecule has 1 fully saturated rings. The second-order valence-corrected chi connectivity index (χ2v) is 13.8. The third-order valence-electron chi connectivity index (χ3n) is 8.09. The van der Waals surface area contributed by atoms with Crippen LogP contribution in [0.25, 0.3) is 11.1 Å². The number of hydrogen-bond donors (Lipinski definition) is 2. The lowest BCUT2D eigenvalue weighted by Gasteiger charge is -2.29. The molecule has 2 atom stereocenters. The lowest BCUT2D eigenvalue weighted by molar-refractivity contribution is -0.125. The van der Waals surface area contributed by atoms with Gasteiger partial charge in [0.2, 0.25) is 11.9 Å². The zero-order valence-electron chi connectivity index (χ0n) is 24.2. The van der Waals surface area contributed by atoms with E-state index in [1.54, 1.807) is 31.5 Å². The van der Waals surface area contributed by atoms with Gasteiger partial charge in [0.25, 0.3) is 15.9 Å². The Morgan fingerprint density at radius 2 is 1.76 bits per heavy atom. The summed E-state index contributed by atoms with van der Waals surface area (Å²) in [5.41, 5.74) is 6.95. The van der Waals surface area contributed by atoms with E-state index in [4.69, 9.17) is 28.9 Å². The van der Waals surface area contributed by atoms with Crippen LogP contribution in [0.1, 0.15) is 25.3 Å². The molecule has 0 aliphatic carbocycles. The van der Waals surface area contributed by atoms with Gasteiger partial charge >= 0.3 is 0 Å². The van der Waals surface area contributed by atoms with Crippen molar-refractivity contribution in [2.24, 2.45) is 5.73 Å². The van der Waals surface area contributed by atoms with Crippen molar-refractivity contribution >= 4 is 56.7 Å². The highest BCUT2D eigenvalue weighted by molar-refractivity contribution is 7.89. The highest BCUT2D eigenvalue weighted by Gasteiger charge is 2.53. The van der Waals surface area contributed by atoms with E-state index in [1.807, 2.05) is 24.3 Å². The number of aromatic nitrogens is 4. The third-order valence-corrected chi connectivity index (χ3v) is 10.4. The number of carbonyl (C=O) groups is 2. The highest BCUT2D eigenvalue weighted by Crippen LogP contribution is 2.45. The maximum absolute atomic E-state index is 14.4. The molecule has 4 aromatic rings. The summed E-state index contributed by atoms with van der Waals surface area (Å²) < 4.78 is 31.3. The fourth-order valence-corrected chi connectivity index (χ4v) is 8.36. The molecule has 0 saturated carbocycles. The summed E-state index contributed by atoms with van der Waals surface area (Å²) in [5, 5.41) is 3.10. The first kappa shape index (κ1) is 31.1. The minimum absolute atomic E-state index is 0.0980. The van der Waals surface area contributed by atoms with E-state index < -0.39 is 33.4 Å². The Labute approximate surface area is 270 Å². The zero-order chi connectivity index (χ0) is 31.9. The van der Waals surface area contributed by atoms with Crippen LogP contribution >= 0.6 is 23.2 Å². The molecular weight excluding hydrogens is 639 g/mol. The topological polar surface area (TPSA) is 156 Å². The molecule has 0 unspecified atom stereocenters. The van der Waals surface area contributed by atoms with Crippen LogP contribution in [0, 0.1) is 0 Å². The van der Waals surface area contributed by atoms with Crippen LogP contribution in [0.15, 0.2) is 72.4 Å². The Hall–Kier alpha value is -3.88. The lowest BCUT2D eigenvalue weighted by Crippen LogP contribution is -2.48. The summed E-state index contributed by atoms with van der Waals surface area (Å²) >= 11 is 12.6. The molecule has 2 aliphatic rings. The summed E-state index contributed by atoms with van der Waals surface area (Å²) in [4.78, 5) is 41.3. The van der Waals surface area contributed by atoms with Crippen LogP contribution in [0.5, 0.6) is 0 Å². The first-order valence-corrected chi connectivity index (χ1v) is 16.5. The van der Waals surface area contributed by atoms with Crippen LogP contribution in [-0.2, 0) is 31.6 Å². The highest BCUT2D eigenvalue weighted by atomic mass is 35.5. The van der Waals surface area contributed by atoms with Crippen molar-refractivity contribution in [1.29, 1.82) is 0 Å². The summed E-state index contributed by atoms with van der Waals surface area (Å²) in [6.45, 7) is 2.28. The van der Waals surface area contributed by atoms with Gasteiger partial charge in [-0.1, -0.05) is 47.5 Å². The molecule has 4 heterocycles. The molecule has 3 N–H and O–H groups in total. The van der Waals surface area contributed by atoms with E-state index in [-0.39, 0.29) is 37.0 Å². The molecule has 0 radical (unpaired) electrons. The number of nitrogens with one attached hydrogen (secondary N) is 1. The number of nitrogens with two attached hydrogens (primary N) is 1. The van der Waals surface area contributed by atoms with Crippen LogP contribution in [0.3, 0.4) is 0 Å². The SMILES string of the molecule is C[C@@]1(Cc2ccc(-c3cncnc3)cc2)C(=O)N(c2cc(Cl)cc(Cl)c2)c2ncc(S(=O)(=O)N3CCC[C@H]3C(=O)NCCN)n21.